The molecular weight excluding hydrogens is 388 g/mol. The highest BCUT2D eigenvalue weighted by atomic mass is 35.5. The summed E-state index contributed by atoms with van der Waals surface area (Å²) in [5, 5.41) is 9.23. The van der Waals surface area contributed by atoms with E-state index in [0.717, 1.165) is 51.5 Å². The third kappa shape index (κ3) is 3.31. The number of hydrogen-bond donors (Lipinski definition) is 2. The first-order valence-electron chi connectivity index (χ1n) is 9.97. The maximum Gasteiger partial charge on any atom is 0.220 e. The lowest BCUT2D eigenvalue weighted by Gasteiger charge is -2.20. The summed E-state index contributed by atoms with van der Waals surface area (Å²) in [6, 6.07) is 6.30. The molecule has 2 atom stereocenters. The first kappa shape index (κ1) is 18.3. The predicted octanol–water partition coefficient (Wildman–Crippen LogP) is 4.00. The normalized spacial score (nSPS) is 19.8. The Morgan fingerprint density at radius 1 is 1.34 bits per heavy atom. The van der Waals surface area contributed by atoms with Crippen molar-refractivity contribution < 1.29 is 9.53 Å². The molecule has 6 nitrogen and oxygen atoms in total. The second-order valence-corrected chi connectivity index (χ2v) is 8.38. The molecule has 0 saturated carbocycles. The van der Waals surface area contributed by atoms with Crippen LogP contribution >= 0.6 is 11.6 Å². The Hall–Kier alpha value is -2.73. The number of amides is 1. The van der Waals surface area contributed by atoms with Gasteiger partial charge in [-0.25, -0.2) is 0 Å². The minimum Gasteiger partial charge on any atom is -0.490 e. The van der Waals surface area contributed by atoms with Crippen molar-refractivity contribution in [2.75, 3.05) is 6.54 Å². The number of halogens is 1. The summed E-state index contributed by atoms with van der Waals surface area (Å²) in [5.41, 5.74) is 5.13. The molecule has 0 radical (unpaired) electrons. The summed E-state index contributed by atoms with van der Waals surface area (Å²) in [6.45, 7) is 2.68. The maximum absolute atomic E-state index is 11.6. The first-order chi connectivity index (χ1) is 14.0. The van der Waals surface area contributed by atoms with E-state index in [0.29, 0.717) is 13.0 Å². The molecule has 1 fully saturated rings. The number of aromatic nitrogens is 3. The topological polar surface area (TPSA) is 71.9 Å². The van der Waals surface area contributed by atoms with Gasteiger partial charge in [-0.05, 0) is 43.5 Å². The van der Waals surface area contributed by atoms with Crippen molar-refractivity contribution in [1.29, 1.82) is 0 Å². The number of nitrogens with one attached hydrogen (secondary N) is 2. The van der Waals surface area contributed by atoms with Gasteiger partial charge in [-0.2, -0.15) is 5.10 Å². The Labute approximate surface area is 173 Å². The number of fused-ring (bicyclic) bond motifs is 2. The zero-order valence-corrected chi connectivity index (χ0v) is 17.2. The van der Waals surface area contributed by atoms with Gasteiger partial charge < -0.3 is 15.0 Å². The number of carbonyl (C=O) groups is 1. The molecule has 1 aliphatic heterocycles. The molecule has 3 aromatic rings. The number of benzene rings is 1. The molecule has 5 rings (SSSR count). The molecule has 7 heteroatoms. The first-order valence-corrected chi connectivity index (χ1v) is 10.3. The van der Waals surface area contributed by atoms with Crippen LogP contribution in [0.4, 0.5) is 0 Å². The van der Waals surface area contributed by atoms with Gasteiger partial charge in [-0.15, -0.1) is 0 Å². The molecule has 0 unspecified atom stereocenters. The number of ether oxygens (including phenoxy) is 1. The molecule has 1 aromatic carbocycles. The Balaban J connectivity index is 1.54. The molecule has 1 amide bonds. The quantitative estimate of drug-likeness (QED) is 0.682. The summed E-state index contributed by atoms with van der Waals surface area (Å²) >= 11 is 6.39. The van der Waals surface area contributed by atoms with Crippen molar-refractivity contribution in [1.82, 2.24) is 20.1 Å². The predicted molar refractivity (Wildman–Crippen MR) is 114 cm³/mol. The minimum atomic E-state index is -0.0816. The molecule has 0 bridgehead atoms. The Morgan fingerprint density at radius 2 is 2.21 bits per heavy atom. The minimum absolute atomic E-state index is 0.0816. The number of hydrogen-bond acceptors (Lipinski definition) is 3. The van der Waals surface area contributed by atoms with Crippen LogP contribution in [0.1, 0.15) is 31.0 Å². The zero-order chi connectivity index (χ0) is 20.1. The second-order valence-electron chi connectivity index (χ2n) is 7.98. The highest BCUT2D eigenvalue weighted by molar-refractivity contribution is 6.48. The molecule has 2 aromatic heterocycles. The van der Waals surface area contributed by atoms with E-state index in [1.165, 1.54) is 5.56 Å². The fourth-order valence-corrected chi connectivity index (χ4v) is 4.52. The van der Waals surface area contributed by atoms with Crippen LogP contribution in [-0.2, 0) is 18.3 Å². The molecule has 1 aliphatic carbocycles. The van der Waals surface area contributed by atoms with Crippen LogP contribution in [0.3, 0.4) is 0 Å². The summed E-state index contributed by atoms with van der Waals surface area (Å²) in [4.78, 5) is 15.1. The number of allylic oxidation sites excluding steroid dienone is 1. The van der Waals surface area contributed by atoms with Crippen LogP contribution in [0.5, 0.6) is 5.75 Å². The highest BCUT2D eigenvalue weighted by Crippen LogP contribution is 2.37. The van der Waals surface area contributed by atoms with E-state index < -0.39 is 0 Å². The van der Waals surface area contributed by atoms with Gasteiger partial charge in [0.15, 0.2) is 0 Å². The van der Waals surface area contributed by atoms with Gasteiger partial charge in [0.25, 0.3) is 0 Å². The number of aryl methyl sites for hydroxylation is 2. The van der Waals surface area contributed by atoms with Crippen LogP contribution in [-0.4, -0.2) is 33.3 Å². The van der Waals surface area contributed by atoms with Crippen LogP contribution in [0.25, 0.3) is 27.2 Å². The van der Waals surface area contributed by atoms with Crippen LogP contribution < -0.4 is 10.1 Å². The van der Waals surface area contributed by atoms with Crippen molar-refractivity contribution in [2.45, 2.75) is 32.3 Å². The number of aromatic amines is 1. The third-order valence-electron chi connectivity index (χ3n) is 5.87. The largest absolute Gasteiger partial charge is 0.490 e. The van der Waals surface area contributed by atoms with E-state index in [9.17, 15) is 4.79 Å². The fourth-order valence-electron chi connectivity index (χ4n) is 4.24. The SMILES string of the molecule is C[C@@H](Oc1cc(-c2cc3c([nH]2)C(Cl)=CCC3)cc2nn(C)cc12)[C@H]1CNC(=O)C1. The smallest absolute Gasteiger partial charge is 0.220 e. The number of rotatable bonds is 4. The van der Waals surface area contributed by atoms with Crippen molar-refractivity contribution in [3.05, 3.63) is 41.7 Å². The second kappa shape index (κ2) is 6.95. The standard InChI is InChI=1S/C22H23ClN4O2/c1-12(15-9-21(28)24-10-15)29-20-8-14(7-19-16(20)11-27(2)26-19)18-6-13-4-3-5-17(23)22(13)25-18/h5-8,11-12,15,25H,3-4,9-10H2,1-2H3,(H,24,28)/t12-,15-/m1/s1. The Bertz CT molecular complexity index is 1140. The van der Waals surface area contributed by atoms with E-state index >= 15 is 0 Å². The maximum atomic E-state index is 11.6. The van der Waals surface area contributed by atoms with E-state index in [1.807, 2.05) is 20.2 Å². The van der Waals surface area contributed by atoms with E-state index in [4.69, 9.17) is 16.3 Å². The molecule has 2 N–H and O–H groups in total. The Kier molecular flexibility index (Phi) is 4.39. The van der Waals surface area contributed by atoms with Gasteiger partial charge in [0.05, 0.1) is 21.6 Å². The zero-order valence-electron chi connectivity index (χ0n) is 16.5. The van der Waals surface area contributed by atoms with Gasteiger partial charge in [0.1, 0.15) is 11.9 Å². The summed E-state index contributed by atoms with van der Waals surface area (Å²) in [7, 11) is 1.91. The van der Waals surface area contributed by atoms with Gasteiger partial charge in [0, 0.05) is 43.4 Å². The van der Waals surface area contributed by atoms with Gasteiger partial charge in [-0.3, -0.25) is 9.48 Å². The molecule has 150 valence electrons. The molecule has 1 saturated heterocycles. The molecular formula is C22H23ClN4O2. The molecule has 29 heavy (non-hydrogen) atoms. The lowest BCUT2D eigenvalue weighted by Crippen LogP contribution is -2.25. The average Bonchev–Trinajstić information content (AvgIpc) is 3.39. The van der Waals surface area contributed by atoms with Gasteiger partial charge in [0.2, 0.25) is 5.91 Å². The van der Waals surface area contributed by atoms with E-state index in [-0.39, 0.29) is 17.9 Å². The Morgan fingerprint density at radius 3 is 2.97 bits per heavy atom. The van der Waals surface area contributed by atoms with Crippen molar-refractivity contribution in [3.8, 4) is 17.0 Å². The van der Waals surface area contributed by atoms with Crippen LogP contribution in [0.15, 0.2) is 30.5 Å². The summed E-state index contributed by atoms with van der Waals surface area (Å²) < 4.78 is 8.16. The van der Waals surface area contributed by atoms with Crippen molar-refractivity contribution in [2.24, 2.45) is 13.0 Å². The lowest BCUT2D eigenvalue weighted by molar-refractivity contribution is -0.119. The number of H-pyrrole nitrogens is 1. The van der Waals surface area contributed by atoms with Crippen molar-refractivity contribution >= 4 is 33.4 Å². The van der Waals surface area contributed by atoms with Gasteiger partial charge in [-0.1, -0.05) is 17.7 Å². The van der Waals surface area contributed by atoms with Crippen LogP contribution in [0.2, 0.25) is 0 Å². The summed E-state index contributed by atoms with van der Waals surface area (Å²) in [5.74, 6) is 1.04. The molecule has 3 heterocycles. The average molecular weight is 411 g/mol. The monoisotopic (exact) mass is 410 g/mol. The van der Waals surface area contributed by atoms with E-state index in [2.05, 4.69) is 39.7 Å². The van der Waals surface area contributed by atoms with E-state index in [1.54, 1.807) is 4.68 Å². The molecule has 2 aliphatic rings. The number of carbonyl (C=O) groups excluding carboxylic acids is 1. The molecule has 0 spiro atoms. The fraction of sp³-hybridized carbons (Fsp3) is 0.364. The lowest BCUT2D eigenvalue weighted by atomic mass is 10.0. The number of nitrogens with zero attached hydrogens (tertiary/aromatic N) is 2. The van der Waals surface area contributed by atoms with Gasteiger partial charge >= 0.3 is 0 Å². The van der Waals surface area contributed by atoms with Crippen LogP contribution in [0, 0.1) is 5.92 Å². The highest BCUT2D eigenvalue weighted by Gasteiger charge is 2.28. The third-order valence-corrected chi connectivity index (χ3v) is 6.22. The summed E-state index contributed by atoms with van der Waals surface area (Å²) in [6.07, 6.45) is 6.39. The van der Waals surface area contributed by atoms with Crippen molar-refractivity contribution in [3.63, 3.8) is 0 Å².